The Kier molecular flexibility index (Phi) is 5.24. The number of anilines is 1. The number of aliphatic imine (C=N–C) groups is 1. The molecule has 3 amide bonds. The van der Waals surface area contributed by atoms with Crippen LogP contribution in [-0.2, 0) is 4.74 Å². The number of amides is 3. The number of nitrogens with one attached hydrogen (secondary N) is 1. The van der Waals surface area contributed by atoms with Crippen LogP contribution < -0.4 is 5.32 Å². The summed E-state index contributed by atoms with van der Waals surface area (Å²) in [6.07, 6.45) is 0.522. The van der Waals surface area contributed by atoms with Crippen molar-refractivity contribution in [3.8, 4) is 0 Å². The fourth-order valence-electron chi connectivity index (χ4n) is 4.07. The van der Waals surface area contributed by atoms with Crippen LogP contribution in [0.15, 0.2) is 53.5 Å². The average molecular weight is 459 g/mol. The first kappa shape index (κ1) is 20.2. The maximum atomic E-state index is 12.8. The molecule has 2 heterocycles. The van der Waals surface area contributed by atoms with Gasteiger partial charge in [-0.15, -0.1) is 0 Å². The van der Waals surface area contributed by atoms with E-state index in [2.05, 4.69) is 17.4 Å². The van der Waals surface area contributed by atoms with Gasteiger partial charge in [-0.05, 0) is 24.1 Å². The van der Waals surface area contributed by atoms with E-state index in [-0.39, 0.29) is 18.1 Å². The fourth-order valence-corrected chi connectivity index (χ4v) is 4.41. The van der Waals surface area contributed by atoms with E-state index in [0.717, 1.165) is 6.42 Å². The molecule has 2 aromatic carbocycles. The number of fused-ring (bicyclic) bond motifs is 1. The molecular weight excluding hydrogens is 439 g/mol. The normalized spacial score (nSPS) is 25.9. The maximum Gasteiger partial charge on any atom is 0.417 e. The molecule has 31 heavy (non-hydrogen) atoms. The third-order valence-electron chi connectivity index (χ3n) is 5.85. The molecule has 2 aromatic rings. The third-order valence-corrected chi connectivity index (χ3v) is 6.67. The first-order chi connectivity index (χ1) is 15.0. The number of ether oxygens (including phenoxy) is 1. The summed E-state index contributed by atoms with van der Waals surface area (Å²) in [4.78, 5) is 33.1. The molecule has 1 N–H and O–H groups in total. The van der Waals surface area contributed by atoms with E-state index in [9.17, 15) is 9.59 Å². The number of carbonyl (C=O) groups is 2. The van der Waals surface area contributed by atoms with Crippen LogP contribution in [0.25, 0.3) is 0 Å². The molecule has 0 spiro atoms. The summed E-state index contributed by atoms with van der Waals surface area (Å²) in [5, 5.41) is 3.45. The number of urea groups is 1. The van der Waals surface area contributed by atoms with Gasteiger partial charge in [-0.1, -0.05) is 59.6 Å². The number of hydrogen-bond acceptors (Lipinski definition) is 4. The zero-order chi connectivity index (χ0) is 21.5. The molecule has 0 bridgehead atoms. The lowest BCUT2D eigenvalue weighted by Gasteiger charge is -2.35. The van der Waals surface area contributed by atoms with Gasteiger partial charge in [-0.25, -0.2) is 14.6 Å². The first-order valence-corrected chi connectivity index (χ1v) is 10.9. The molecule has 0 radical (unpaired) electrons. The van der Waals surface area contributed by atoms with E-state index in [4.69, 9.17) is 32.9 Å². The van der Waals surface area contributed by atoms with Gasteiger partial charge in [0.05, 0.1) is 28.3 Å². The Balaban J connectivity index is 1.28. The van der Waals surface area contributed by atoms with Crippen molar-refractivity contribution in [2.24, 2.45) is 4.99 Å². The minimum atomic E-state index is -0.404. The van der Waals surface area contributed by atoms with Crippen LogP contribution in [0.1, 0.15) is 17.9 Å². The molecule has 3 atom stereocenters. The predicted molar refractivity (Wildman–Crippen MR) is 119 cm³/mol. The number of benzene rings is 2. The molecule has 3 fully saturated rings. The van der Waals surface area contributed by atoms with Crippen molar-refractivity contribution in [1.29, 1.82) is 0 Å². The molecule has 1 saturated carbocycles. The van der Waals surface area contributed by atoms with Crippen molar-refractivity contribution in [2.75, 3.05) is 25.0 Å². The van der Waals surface area contributed by atoms with Crippen molar-refractivity contribution in [1.82, 2.24) is 9.80 Å². The average Bonchev–Trinajstić information content (AvgIpc) is 3.48. The van der Waals surface area contributed by atoms with Crippen molar-refractivity contribution >= 4 is 46.9 Å². The number of rotatable bonds is 3. The lowest BCUT2D eigenvalue weighted by Crippen LogP contribution is -2.55. The second-order valence-corrected chi connectivity index (χ2v) is 8.63. The minimum absolute atomic E-state index is 0.0969. The Bertz CT molecular complexity index is 1060. The minimum Gasteiger partial charge on any atom is -0.393 e. The van der Waals surface area contributed by atoms with E-state index in [1.54, 1.807) is 28.0 Å². The highest BCUT2D eigenvalue weighted by Gasteiger charge is 2.46. The van der Waals surface area contributed by atoms with Gasteiger partial charge in [0, 0.05) is 19.0 Å². The summed E-state index contributed by atoms with van der Waals surface area (Å²) in [5.41, 5.74) is 1.68. The van der Waals surface area contributed by atoms with E-state index in [1.165, 1.54) is 5.56 Å². The van der Waals surface area contributed by atoms with E-state index >= 15 is 0 Å². The molecule has 0 unspecified atom stereocenters. The molecule has 5 rings (SSSR count). The summed E-state index contributed by atoms with van der Waals surface area (Å²) in [6, 6.07) is 14.7. The Hall–Kier alpha value is -2.77. The van der Waals surface area contributed by atoms with Gasteiger partial charge in [-0.3, -0.25) is 4.90 Å². The van der Waals surface area contributed by atoms with Crippen LogP contribution in [0.2, 0.25) is 10.0 Å². The maximum absolute atomic E-state index is 12.8. The molecule has 0 aromatic heterocycles. The third kappa shape index (κ3) is 3.95. The summed E-state index contributed by atoms with van der Waals surface area (Å²) < 4.78 is 5.46. The molecule has 2 aliphatic heterocycles. The van der Waals surface area contributed by atoms with Gasteiger partial charge >= 0.3 is 12.1 Å². The summed E-state index contributed by atoms with van der Waals surface area (Å²) in [5.74, 6) is 0.737. The van der Waals surface area contributed by atoms with Crippen LogP contribution in [0, 0.1) is 0 Å². The number of piperazine rings is 1. The van der Waals surface area contributed by atoms with Gasteiger partial charge in [0.15, 0.2) is 0 Å². The quantitative estimate of drug-likeness (QED) is 0.728. The van der Waals surface area contributed by atoms with Crippen LogP contribution in [0.5, 0.6) is 0 Å². The lowest BCUT2D eigenvalue weighted by atomic mass is 10.1. The zero-order valence-corrected chi connectivity index (χ0v) is 18.0. The second kappa shape index (κ2) is 8.05. The molecule has 3 aliphatic rings. The first-order valence-electron chi connectivity index (χ1n) is 10.1. The van der Waals surface area contributed by atoms with Crippen molar-refractivity contribution < 1.29 is 14.3 Å². The van der Waals surface area contributed by atoms with E-state index < -0.39 is 6.09 Å². The molecular formula is C22H20Cl2N4O3. The van der Waals surface area contributed by atoms with Gasteiger partial charge in [-0.2, -0.15) is 0 Å². The Morgan fingerprint density at radius 3 is 2.71 bits per heavy atom. The van der Waals surface area contributed by atoms with Crippen LogP contribution in [0.3, 0.4) is 0 Å². The Morgan fingerprint density at radius 2 is 1.90 bits per heavy atom. The lowest BCUT2D eigenvalue weighted by molar-refractivity contribution is 0.132. The number of halogens is 2. The number of hydrogen-bond donors (Lipinski definition) is 1. The highest BCUT2D eigenvalue weighted by Crippen LogP contribution is 2.44. The molecule has 7 nitrogen and oxygen atoms in total. The number of cyclic esters (lactones) is 1. The molecule has 160 valence electrons. The van der Waals surface area contributed by atoms with E-state index in [0.29, 0.717) is 47.2 Å². The largest absolute Gasteiger partial charge is 0.417 e. The summed E-state index contributed by atoms with van der Waals surface area (Å²) in [7, 11) is 0. The van der Waals surface area contributed by atoms with Crippen molar-refractivity contribution in [3.63, 3.8) is 0 Å². The van der Waals surface area contributed by atoms with Gasteiger partial charge in [0.25, 0.3) is 0 Å². The number of carbonyl (C=O) groups excluding carboxylic acids is 2. The van der Waals surface area contributed by atoms with Crippen molar-refractivity contribution in [2.45, 2.75) is 24.4 Å². The topological polar surface area (TPSA) is 74.2 Å². The highest BCUT2D eigenvalue weighted by atomic mass is 35.5. The van der Waals surface area contributed by atoms with Crippen LogP contribution in [-0.4, -0.2) is 59.5 Å². The zero-order valence-electron chi connectivity index (χ0n) is 16.5. The van der Waals surface area contributed by atoms with Gasteiger partial charge in [0.2, 0.25) is 5.90 Å². The Morgan fingerprint density at radius 1 is 1.10 bits per heavy atom. The summed E-state index contributed by atoms with van der Waals surface area (Å²) >= 11 is 12.2. The second-order valence-electron chi connectivity index (χ2n) is 7.84. The molecule has 2 saturated heterocycles. The molecule has 9 heteroatoms. The fraction of sp³-hybridized carbons (Fsp3) is 0.318. The van der Waals surface area contributed by atoms with Crippen molar-refractivity contribution in [3.05, 3.63) is 64.1 Å². The smallest absolute Gasteiger partial charge is 0.393 e. The monoisotopic (exact) mass is 458 g/mol. The summed E-state index contributed by atoms with van der Waals surface area (Å²) in [6.45, 7) is 1.07. The number of nitrogens with zero attached hydrogens (tertiary/aromatic N) is 3. The standard InChI is InChI=1S/C22H20Cl2N4O3/c23-15-7-4-8-16(19(15)24)26-21(29)27-9-10-28-18(12-27)20(31-22(28)30)25-17-11-14(17)13-5-2-1-3-6-13/h1-8,14,17-18H,9-12H2,(H,26,29)/b25-20-/t14-,17+,18+/m1/s1. The van der Waals surface area contributed by atoms with E-state index in [1.807, 2.05) is 18.2 Å². The van der Waals surface area contributed by atoms with Crippen LogP contribution >= 0.6 is 23.2 Å². The van der Waals surface area contributed by atoms with Gasteiger partial charge < -0.3 is 15.0 Å². The predicted octanol–water partition coefficient (Wildman–Crippen LogP) is 4.62. The highest BCUT2D eigenvalue weighted by molar-refractivity contribution is 6.43. The molecule has 1 aliphatic carbocycles. The SMILES string of the molecule is O=C(Nc1cccc(Cl)c1Cl)N1CCN2C(=O)O/C(=N\[C@H]3C[C@@H]3c3ccccc3)[C@@H]2C1. The van der Waals surface area contributed by atoms with Gasteiger partial charge in [0.1, 0.15) is 6.04 Å². The Labute approximate surface area is 189 Å². The van der Waals surface area contributed by atoms with Crippen LogP contribution in [0.4, 0.5) is 15.3 Å².